The molecule has 0 bridgehead atoms. The van der Waals surface area contributed by atoms with Crippen LogP contribution in [-0.4, -0.2) is 21.6 Å². The molecule has 0 aliphatic carbocycles. The smallest absolute Gasteiger partial charge is 0.186 e. The van der Waals surface area contributed by atoms with Crippen LogP contribution in [0.4, 0.5) is 0 Å². The summed E-state index contributed by atoms with van der Waals surface area (Å²) in [7, 11) is 0. The van der Waals surface area contributed by atoms with Crippen LogP contribution >= 0.6 is 11.3 Å². The highest BCUT2D eigenvalue weighted by atomic mass is 32.1. The molecule has 0 radical (unpaired) electrons. The summed E-state index contributed by atoms with van der Waals surface area (Å²) in [5, 5.41) is 19.4. The van der Waals surface area contributed by atoms with Crippen LogP contribution in [0.25, 0.3) is 5.69 Å². The minimum atomic E-state index is 0.363. The predicted octanol–water partition coefficient (Wildman–Crippen LogP) is 3.19. The molecule has 0 N–H and O–H groups in total. The molecule has 0 fully saturated rings. The Morgan fingerprint density at radius 2 is 2.09 bits per heavy atom. The number of ether oxygens (including phenoxy) is 1. The normalized spacial score (nSPS) is 10.4. The Morgan fingerprint density at radius 3 is 2.73 bits per heavy atom. The summed E-state index contributed by atoms with van der Waals surface area (Å²) in [5.74, 6) is 0.812. The monoisotopic (exact) mass is 310 g/mol. The van der Waals surface area contributed by atoms with Gasteiger partial charge in [-0.1, -0.05) is 11.3 Å². The van der Waals surface area contributed by atoms with Crippen LogP contribution < -0.4 is 4.74 Å². The van der Waals surface area contributed by atoms with Crippen LogP contribution in [0.1, 0.15) is 23.2 Å². The average molecular weight is 310 g/mol. The van der Waals surface area contributed by atoms with E-state index in [0.717, 1.165) is 17.1 Å². The second-order valence-corrected chi connectivity index (χ2v) is 5.62. The lowest BCUT2D eigenvalue weighted by atomic mass is 10.2. The Bertz CT molecular complexity index is 785. The van der Waals surface area contributed by atoms with E-state index in [1.165, 1.54) is 4.88 Å². The van der Waals surface area contributed by atoms with Crippen molar-refractivity contribution in [1.82, 2.24) is 15.0 Å². The number of nitrogens with zero attached hydrogens (tertiary/aromatic N) is 4. The van der Waals surface area contributed by atoms with Gasteiger partial charge in [-0.25, -0.2) is 4.68 Å². The van der Waals surface area contributed by atoms with E-state index in [-0.39, 0.29) is 0 Å². The van der Waals surface area contributed by atoms with Gasteiger partial charge in [-0.05, 0) is 42.6 Å². The molecule has 0 amide bonds. The number of hydrogen-bond acceptors (Lipinski definition) is 5. The summed E-state index contributed by atoms with van der Waals surface area (Å²) in [6, 6.07) is 13.8. The van der Waals surface area contributed by atoms with Gasteiger partial charge in [0.1, 0.15) is 11.8 Å². The fourth-order valence-electron chi connectivity index (χ4n) is 2.18. The van der Waals surface area contributed by atoms with Gasteiger partial charge in [0, 0.05) is 11.3 Å². The zero-order chi connectivity index (χ0) is 15.4. The molecule has 0 atom stereocenters. The molecule has 22 heavy (non-hydrogen) atoms. The lowest BCUT2D eigenvalue weighted by molar-refractivity contribution is 0.340. The molecule has 110 valence electrons. The second kappa shape index (κ2) is 6.41. The molecule has 0 spiro atoms. The second-order valence-electron chi connectivity index (χ2n) is 4.59. The van der Waals surface area contributed by atoms with Crippen molar-refractivity contribution in [3.05, 3.63) is 58.0 Å². The zero-order valence-electron chi connectivity index (χ0n) is 12.1. The van der Waals surface area contributed by atoms with Gasteiger partial charge in [0.05, 0.1) is 18.0 Å². The highest BCUT2D eigenvalue weighted by Gasteiger charge is 2.15. The van der Waals surface area contributed by atoms with Gasteiger partial charge in [-0.3, -0.25) is 0 Å². The van der Waals surface area contributed by atoms with E-state index >= 15 is 0 Å². The molecule has 1 aromatic carbocycles. The first-order valence-electron chi connectivity index (χ1n) is 6.92. The summed E-state index contributed by atoms with van der Waals surface area (Å²) in [4.78, 5) is 1.17. The third-order valence-electron chi connectivity index (χ3n) is 3.18. The first-order valence-corrected chi connectivity index (χ1v) is 7.80. The summed E-state index contributed by atoms with van der Waals surface area (Å²) < 4.78 is 7.16. The van der Waals surface area contributed by atoms with Crippen molar-refractivity contribution in [1.29, 1.82) is 5.26 Å². The first-order chi connectivity index (χ1) is 10.8. The lowest BCUT2D eigenvalue weighted by Gasteiger charge is -2.07. The summed E-state index contributed by atoms with van der Waals surface area (Å²) >= 11 is 1.65. The fourth-order valence-corrected chi connectivity index (χ4v) is 2.89. The summed E-state index contributed by atoms with van der Waals surface area (Å²) in [6.07, 6.45) is 0.640. The van der Waals surface area contributed by atoms with Crippen molar-refractivity contribution in [2.24, 2.45) is 0 Å². The largest absolute Gasteiger partial charge is 0.494 e. The molecular weight excluding hydrogens is 296 g/mol. The molecule has 2 aromatic heterocycles. The van der Waals surface area contributed by atoms with Gasteiger partial charge in [0.2, 0.25) is 0 Å². The minimum Gasteiger partial charge on any atom is -0.494 e. The Labute approximate surface area is 132 Å². The van der Waals surface area contributed by atoms with Gasteiger partial charge >= 0.3 is 0 Å². The SMILES string of the molecule is CCOc1ccc(-n2nnc(C#N)c2Cc2cccs2)cc1. The van der Waals surface area contributed by atoms with Gasteiger partial charge in [-0.15, -0.1) is 16.4 Å². The van der Waals surface area contributed by atoms with Crippen molar-refractivity contribution in [2.45, 2.75) is 13.3 Å². The topological polar surface area (TPSA) is 63.7 Å². The maximum atomic E-state index is 9.24. The molecule has 6 heteroatoms. The van der Waals surface area contributed by atoms with Crippen molar-refractivity contribution >= 4 is 11.3 Å². The molecule has 0 aliphatic rings. The lowest BCUT2D eigenvalue weighted by Crippen LogP contribution is -2.03. The molecular formula is C16H14N4OS. The van der Waals surface area contributed by atoms with E-state index in [0.29, 0.717) is 18.7 Å². The van der Waals surface area contributed by atoms with Gasteiger partial charge < -0.3 is 4.74 Å². The maximum Gasteiger partial charge on any atom is 0.186 e. The van der Waals surface area contributed by atoms with Gasteiger partial charge in [0.25, 0.3) is 0 Å². The Morgan fingerprint density at radius 1 is 1.27 bits per heavy atom. The highest BCUT2D eigenvalue weighted by Crippen LogP contribution is 2.21. The molecule has 0 unspecified atom stereocenters. The van der Waals surface area contributed by atoms with Crippen LogP contribution in [0, 0.1) is 11.3 Å². The number of nitriles is 1. The van der Waals surface area contributed by atoms with Gasteiger partial charge in [-0.2, -0.15) is 5.26 Å². The van der Waals surface area contributed by atoms with Crippen LogP contribution in [-0.2, 0) is 6.42 Å². The molecule has 0 aliphatic heterocycles. The number of hydrogen-bond donors (Lipinski definition) is 0. The molecule has 5 nitrogen and oxygen atoms in total. The third-order valence-corrected chi connectivity index (χ3v) is 4.06. The van der Waals surface area contributed by atoms with Crippen molar-refractivity contribution in [3.8, 4) is 17.5 Å². The zero-order valence-corrected chi connectivity index (χ0v) is 12.9. The predicted molar refractivity (Wildman–Crippen MR) is 84.4 cm³/mol. The van der Waals surface area contributed by atoms with E-state index in [1.54, 1.807) is 16.0 Å². The number of aromatic nitrogens is 3. The average Bonchev–Trinajstić information content (AvgIpc) is 3.19. The molecule has 0 saturated carbocycles. The summed E-state index contributed by atoms with van der Waals surface area (Å²) in [6.45, 7) is 2.58. The van der Waals surface area contributed by atoms with E-state index in [4.69, 9.17) is 4.74 Å². The van der Waals surface area contributed by atoms with Crippen LogP contribution in [0.2, 0.25) is 0 Å². The molecule has 3 aromatic rings. The van der Waals surface area contributed by atoms with E-state index in [1.807, 2.05) is 48.7 Å². The molecule has 0 saturated heterocycles. The Balaban J connectivity index is 1.96. The van der Waals surface area contributed by atoms with Crippen LogP contribution in [0.3, 0.4) is 0 Å². The Kier molecular flexibility index (Phi) is 4.17. The standard InChI is InChI=1S/C16H14N4OS/c1-2-21-13-7-5-12(6-8-13)20-16(15(11-17)18-19-20)10-14-4-3-9-22-14/h3-9H,2,10H2,1H3. The van der Waals surface area contributed by atoms with E-state index in [9.17, 15) is 5.26 Å². The summed E-state index contributed by atoms with van der Waals surface area (Å²) in [5.41, 5.74) is 2.03. The molecule has 3 rings (SSSR count). The Hall–Kier alpha value is -2.65. The van der Waals surface area contributed by atoms with Crippen LogP contribution in [0.15, 0.2) is 41.8 Å². The van der Waals surface area contributed by atoms with Crippen molar-refractivity contribution in [3.63, 3.8) is 0 Å². The van der Waals surface area contributed by atoms with Gasteiger partial charge in [0.15, 0.2) is 5.69 Å². The number of thiophene rings is 1. The van der Waals surface area contributed by atoms with Crippen molar-refractivity contribution < 1.29 is 4.74 Å². The van der Waals surface area contributed by atoms with Crippen molar-refractivity contribution in [2.75, 3.05) is 6.61 Å². The van der Waals surface area contributed by atoms with E-state index < -0.39 is 0 Å². The van der Waals surface area contributed by atoms with E-state index in [2.05, 4.69) is 16.4 Å². The fraction of sp³-hybridized carbons (Fsp3) is 0.188. The third kappa shape index (κ3) is 2.85. The minimum absolute atomic E-state index is 0.363. The molecule has 2 heterocycles. The quantitative estimate of drug-likeness (QED) is 0.726. The number of rotatable bonds is 5. The maximum absolute atomic E-state index is 9.24. The highest BCUT2D eigenvalue weighted by molar-refractivity contribution is 7.09. The van der Waals surface area contributed by atoms with Crippen LogP contribution in [0.5, 0.6) is 5.75 Å². The first kappa shape index (κ1) is 14.3. The number of benzene rings is 1.